The van der Waals surface area contributed by atoms with Gasteiger partial charge in [-0.1, -0.05) is 12.1 Å². The standard InChI is InChI=1S/C30H28N2O6S2/c1-17-8-13-25(40-17)27(33)37-16-21-19(11-12-22-26(21)32(4)29(35)30(2,3)31-22)20-10-9-18(15-23(20)36-5)38-28(34)24-7-6-14-39-24/h6-15,31H,16H2,1-5H3. The largest absolute Gasteiger partial charge is 0.496 e. The minimum absolute atomic E-state index is 0.0771. The molecule has 1 aliphatic heterocycles. The second kappa shape index (κ2) is 10.8. The Bertz CT molecular complexity index is 1610. The number of thiophene rings is 2. The smallest absolute Gasteiger partial charge is 0.353 e. The summed E-state index contributed by atoms with van der Waals surface area (Å²) in [6.07, 6.45) is 0. The highest BCUT2D eigenvalue weighted by Gasteiger charge is 2.39. The number of hydrogen-bond donors (Lipinski definition) is 1. The molecule has 5 rings (SSSR count). The molecular formula is C30H28N2O6S2. The maximum absolute atomic E-state index is 13.2. The topological polar surface area (TPSA) is 94.2 Å². The molecule has 0 saturated heterocycles. The number of nitrogens with zero attached hydrogens (tertiary/aromatic N) is 1. The third-order valence-corrected chi connectivity index (χ3v) is 8.42. The first-order chi connectivity index (χ1) is 19.1. The highest BCUT2D eigenvalue weighted by Crippen LogP contribution is 2.45. The molecule has 10 heteroatoms. The first-order valence-electron chi connectivity index (χ1n) is 12.5. The number of aryl methyl sites for hydroxylation is 1. The monoisotopic (exact) mass is 576 g/mol. The van der Waals surface area contributed by atoms with Crippen LogP contribution < -0.4 is 19.7 Å². The van der Waals surface area contributed by atoms with Gasteiger partial charge < -0.3 is 24.4 Å². The van der Waals surface area contributed by atoms with Crippen molar-refractivity contribution in [3.05, 3.63) is 80.2 Å². The zero-order chi connectivity index (χ0) is 28.6. The number of ether oxygens (including phenoxy) is 3. The van der Waals surface area contributed by atoms with Crippen molar-refractivity contribution in [2.75, 3.05) is 24.4 Å². The second-order valence-corrected chi connectivity index (χ2v) is 12.1. The highest BCUT2D eigenvalue weighted by atomic mass is 32.1. The number of carbonyl (C=O) groups is 3. The van der Waals surface area contributed by atoms with Gasteiger partial charge in [0.2, 0.25) is 0 Å². The molecule has 0 fully saturated rings. The summed E-state index contributed by atoms with van der Waals surface area (Å²) in [6.45, 7) is 5.49. The molecule has 0 spiro atoms. The minimum Gasteiger partial charge on any atom is -0.496 e. The van der Waals surface area contributed by atoms with Crippen LogP contribution >= 0.6 is 22.7 Å². The number of hydrogen-bond acceptors (Lipinski definition) is 9. The average molecular weight is 577 g/mol. The fourth-order valence-electron chi connectivity index (χ4n) is 4.69. The quantitative estimate of drug-likeness (QED) is 0.197. The van der Waals surface area contributed by atoms with Crippen LogP contribution in [0.25, 0.3) is 11.1 Å². The summed E-state index contributed by atoms with van der Waals surface area (Å²) >= 11 is 2.66. The molecule has 206 valence electrons. The van der Waals surface area contributed by atoms with Crippen molar-refractivity contribution in [3.8, 4) is 22.6 Å². The SMILES string of the molecule is COc1cc(OC(=O)c2cccs2)ccc1-c1ccc2c(c1COC(=O)c1ccc(C)s1)N(C)C(=O)C(C)(C)N2. The van der Waals surface area contributed by atoms with E-state index in [1.807, 2.05) is 44.4 Å². The lowest BCUT2D eigenvalue weighted by Gasteiger charge is -2.39. The Labute approximate surface area is 240 Å². The molecule has 2 aromatic heterocycles. The summed E-state index contributed by atoms with van der Waals surface area (Å²) in [7, 11) is 3.24. The summed E-state index contributed by atoms with van der Waals surface area (Å²) in [5.41, 5.74) is 2.59. The maximum atomic E-state index is 13.2. The summed E-state index contributed by atoms with van der Waals surface area (Å²) in [4.78, 5) is 42.2. The Balaban J connectivity index is 1.56. The van der Waals surface area contributed by atoms with E-state index in [2.05, 4.69) is 5.32 Å². The van der Waals surface area contributed by atoms with Crippen molar-refractivity contribution in [1.82, 2.24) is 0 Å². The molecule has 2 aromatic carbocycles. The van der Waals surface area contributed by atoms with Crippen molar-refractivity contribution < 1.29 is 28.6 Å². The molecule has 1 amide bonds. The second-order valence-electron chi connectivity index (χ2n) is 9.82. The van der Waals surface area contributed by atoms with Crippen LogP contribution in [0.5, 0.6) is 11.5 Å². The number of carbonyl (C=O) groups excluding carboxylic acids is 3. The summed E-state index contributed by atoms with van der Waals surface area (Å²) in [5, 5.41) is 5.12. The molecule has 1 aliphatic rings. The van der Waals surface area contributed by atoms with Crippen molar-refractivity contribution in [2.24, 2.45) is 0 Å². The lowest BCUT2D eigenvalue weighted by Crippen LogP contribution is -2.52. The molecule has 4 aromatic rings. The van der Waals surface area contributed by atoms with E-state index >= 15 is 0 Å². The van der Waals surface area contributed by atoms with Gasteiger partial charge in [0.25, 0.3) is 5.91 Å². The van der Waals surface area contributed by atoms with Crippen molar-refractivity contribution in [3.63, 3.8) is 0 Å². The van der Waals surface area contributed by atoms with Crippen LogP contribution in [0.1, 0.15) is 43.6 Å². The Morgan fingerprint density at radius 1 is 1.00 bits per heavy atom. The third-order valence-electron chi connectivity index (χ3n) is 6.59. The fraction of sp³-hybridized carbons (Fsp3) is 0.233. The van der Waals surface area contributed by atoms with E-state index in [1.165, 1.54) is 29.8 Å². The maximum Gasteiger partial charge on any atom is 0.353 e. The Morgan fingerprint density at radius 3 is 2.45 bits per heavy atom. The van der Waals surface area contributed by atoms with E-state index in [-0.39, 0.29) is 12.5 Å². The van der Waals surface area contributed by atoms with Crippen molar-refractivity contribution in [2.45, 2.75) is 32.9 Å². The lowest BCUT2D eigenvalue weighted by atomic mass is 9.91. The number of rotatable bonds is 7. The molecule has 0 saturated carbocycles. The Hall–Kier alpha value is -4.15. The van der Waals surface area contributed by atoms with E-state index in [4.69, 9.17) is 14.2 Å². The number of fused-ring (bicyclic) bond motifs is 1. The predicted molar refractivity (Wildman–Crippen MR) is 157 cm³/mol. The Morgan fingerprint density at radius 2 is 1.77 bits per heavy atom. The zero-order valence-corrected chi connectivity index (χ0v) is 24.3. The van der Waals surface area contributed by atoms with Crippen LogP contribution in [0.4, 0.5) is 11.4 Å². The molecule has 0 aliphatic carbocycles. The van der Waals surface area contributed by atoms with Gasteiger partial charge in [-0.2, -0.15) is 0 Å². The lowest BCUT2D eigenvalue weighted by molar-refractivity contribution is -0.121. The third kappa shape index (κ3) is 5.20. The molecule has 8 nitrogen and oxygen atoms in total. The van der Waals surface area contributed by atoms with Gasteiger partial charge in [0.15, 0.2) is 0 Å². The number of nitrogens with one attached hydrogen (secondary N) is 1. The van der Waals surface area contributed by atoms with E-state index < -0.39 is 17.5 Å². The number of methoxy groups -OCH3 is 1. The highest BCUT2D eigenvalue weighted by molar-refractivity contribution is 7.13. The van der Waals surface area contributed by atoms with Crippen LogP contribution in [-0.2, 0) is 16.1 Å². The molecule has 1 N–H and O–H groups in total. The van der Waals surface area contributed by atoms with Crippen molar-refractivity contribution in [1.29, 1.82) is 0 Å². The first-order valence-corrected chi connectivity index (χ1v) is 14.2. The molecular weight excluding hydrogens is 548 g/mol. The van der Waals surface area contributed by atoms with Gasteiger partial charge >= 0.3 is 11.9 Å². The van der Waals surface area contributed by atoms with Gasteiger partial charge in [0.1, 0.15) is 33.4 Å². The minimum atomic E-state index is -0.808. The van der Waals surface area contributed by atoms with Crippen LogP contribution in [0.15, 0.2) is 60.0 Å². The Kier molecular flexibility index (Phi) is 7.39. The van der Waals surface area contributed by atoms with Gasteiger partial charge in [-0.25, -0.2) is 9.59 Å². The molecule has 3 heterocycles. The van der Waals surface area contributed by atoms with Crippen LogP contribution in [0, 0.1) is 6.92 Å². The zero-order valence-electron chi connectivity index (χ0n) is 22.7. The molecule has 0 unspecified atom stereocenters. The number of anilines is 2. The summed E-state index contributed by atoms with van der Waals surface area (Å²) in [5.74, 6) is -0.238. The summed E-state index contributed by atoms with van der Waals surface area (Å²) < 4.78 is 17.0. The van der Waals surface area contributed by atoms with Crippen LogP contribution in [-0.4, -0.2) is 37.5 Å². The van der Waals surface area contributed by atoms with Crippen molar-refractivity contribution >= 4 is 51.9 Å². The number of amides is 1. The molecule has 0 radical (unpaired) electrons. The van der Waals surface area contributed by atoms with Gasteiger partial charge in [-0.05, 0) is 68.1 Å². The van der Waals surface area contributed by atoms with Crippen LogP contribution in [0.3, 0.4) is 0 Å². The number of esters is 2. The van der Waals surface area contributed by atoms with Gasteiger partial charge in [-0.3, -0.25) is 4.79 Å². The van der Waals surface area contributed by atoms with Gasteiger partial charge in [0.05, 0.1) is 18.5 Å². The fourth-order valence-corrected chi connectivity index (χ4v) is 6.05. The molecule has 40 heavy (non-hydrogen) atoms. The van der Waals surface area contributed by atoms with E-state index in [9.17, 15) is 14.4 Å². The van der Waals surface area contributed by atoms with Gasteiger partial charge in [0, 0.05) is 29.1 Å². The van der Waals surface area contributed by atoms with E-state index in [0.717, 1.165) is 10.6 Å². The molecule has 0 atom stereocenters. The van der Waals surface area contributed by atoms with E-state index in [1.54, 1.807) is 48.3 Å². The van der Waals surface area contributed by atoms with Crippen LogP contribution in [0.2, 0.25) is 0 Å². The number of likely N-dealkylation sites (N-methyl/N-ethyl adjacent to an activating group) is 1. The average Bonchev–Trinajstić information content (AvgIpc) is 3.62. The number of benzene rings is 2. The summed E-state index contributed by atoms with van der Waals surface area (Å²) in [6, 6.07) is 16.0. The first kappa shape index (κ1) is 27.4. The normalized spacial score (nSPS) is 13.8. The predicted octanol–water partition coefficient (Wildman–Crippen LogP) is 6.54. The van der Waals surface area contributed by atoms with E-state index in [0.29, 0.717) is 43.6 Å². The van der Waals surface area contributed by atoms with Gasteiger partial charge in [-0.15, -0.1) is 22.7 Å². The molecule has 0 bridgehead atoms.